The van der Waals surface area contributed by atoms with E-state index in [2.05, 4.69) is 11.8 Å². The number of benzene rings is 1. The first-order chi connectivity index (χ1) is 10.2. The van der Waals surface area contributed by atoms with E-state index in [0.717, 1.165) is 31.1 Å². The molecule has 1 unspecified atom stereocenters. The molecule has 1 saturated heterocycles. The first-order valence-corrected chi connectivity index (χ1v) is 8.13. The third-order valence-electron chi connectivity index (χ3n) is 4.45. The molecule has 0 bridgehead atoms. The van der Waals surface area contributed by atoms with E-state index >= 15 is 0 Å². The first kappa shape index (κ1) is 16.0. The predicted octanol–water partition coefficient (Wildman–Crippen LogP) is 3.88. The Morgan fingerprint density at radius 1 is 1.29 bits per heavy atom. The number of hydrogen-bond acceptors (Lipinski definition) is 3. The summed E-state index contributed by atoms with van der Waals surface area (Å²) in [6.45, 7) is 5.40. The average Bonchev–Trinajstić information content (AvgIpc) is 2.73. The molecule has 1 atom stereocenters. The van der Waals surface area contributed by atoms with Crippen LogP contribution < -0.4 is 0 Å². The Kier molecular flexibility index (Phi) is 6.24. The second kappa shape index (κ2) is 8.18. The van der Waals surface area contributed by atoms with Gasteiger partial charge in [-0.05, 0) is 49.9 Å². The lowest BCUT2D eigenvalue weighted by molar-refractivity contribution is 0.0598. The molecule has 0 saturated carbocycles. The maximum absolute atomic E-state index is 11.8. The lowest BCUT2D eigenvalue weighted by Crippen LogP contribution is -2.25. The van der Waals surface area contributed by atoms with Gasteiger partial charge in [0.25, 0.3) is 0 Å². The third kappa shape index (κ3) is 4.57. The summed E-state index contributed by atoms with van der Waals surface area (Å²) in [5.74, 6) is 0.653. The zero-order valence-electron chi connectivity index (χ0n) is 13.3. The Hall–Kier alpha value is -1.35. The fraction of sp³-hybridized carbons (Fsp3) is 0.611. The topological polar surface area (TPSA) is 29.5 Å². The zero-order chi connectivity index (χ0) is 15.1. The van der Waals surface area contributed by atoms with Crippen molar-refractivity contribution in [2.45, 2.75) is 45.6 Å². The molecule has 1 aromatic rings. The SMILES string of the molecule is CCCC1CCCN(Cc2ccccc2C(=O)OC)CC1. The standard InChI is InChI=1S/C18H27NO2/c1-3-7-15-8-6-12-19(13-11-15)14-16-9-4-5-10-17(16)18(20)21-2/h4-5,9-10,15H,3,6-8,11-14H2,1-2H3. The molecule has 0 aliphatic carbocycles. The molecule has 0 aromatic heterocycles. The van der Waals surface area contributed by atoms with Crippen LogP contribution >= 0.6 is 0 Å². The number of ether oxygens (including phenoxy) is 1. The molecule has 1 aromatic carbocycles. The van der Waals surface area contributed by atoms with Gasteiger partial charge in [-0.2, -0.15) is 0 Å². The van der Waals surface area contributed by atoms with Crippen molar-refractivity contribution in [1.82, 2.24) is 4.90 Å². The molecule has 116 valence electrons. The first-order valence-electron chi connectivity index (χ1n) is 8.13. The predicted molar refractivity (Wildman–Crippen MR) is 85.3 cm³/mol. The van der Waals surface area contributed by atoms with Crippen LogP contribution in [0.4, 0.5) is 0 Å². The number of carbonyl (C=O) groups excluding carboxylic acids is 1. The van der Waals surface area contributed by atoms with Crippen molar-refractivity contribution in [3.63, 3.8) is 0 Å². The molecule has 2 rings (SSSR count). The molecule has 0 amide bonds. The lowest BCUT2D eigenvalue weighted by Gasteiger charge is -2.21. The van der Waals surface area contributed by atoms with Gasteiger partial charge in [-0.1, -0.05) is 38.0 Å². The maximum atomic E-state index is 11.8. The number of nitrogens with zero attached hydrogens (tertiary/aromatic N) is 1. The molecule has 1 heterocycles. The van der Waals surface area contributed by atoms with Crippen LogP contribution in [0, 0.1) is 5.92 Å². The molecular formula is C18H27NO2. The molecular weight excluding hydrogens is 262 g/mol. The van der Waals surface area contributed by atoms with E-state index in [4.69, 9.17) is 4.74 Å². The van der Waals surface area contributed by atoms with E-state index in [1.54, 1.807) is 0 Å². The van der Waals surface area contributed by atoms with Gasteiger partial charge in [0.1, 0.15) is 0 Å². The normalized spacial score (nSPS) is 20.0. The Labute approximate surface area is 128 Å². The van der Waals surface area contributed by atoms with Crippen LogP contribution in [-0.4, -0.2) is 31.1 Å². The van der Waals surface area contributed by atoms with Crippen molar-refractivity contribution >= 4 is 5.97 Å². The Balaban J connectivity index is 2.00. The Morgan fingerprint density at radius 2 is 2.10 bits per heavy atom. The summed E-state index contributed by atoms with van der Waals surface area (Å²) < 4.78 is 4.88. The van der Waals surface area contributed by atoms with Crippen LogP contribution in [0.5, 0.6) is 0 Å². The van der Waals surface area contributed by atoms with Crippen LogP contribution in [0.2, 0.25) is 0 Å². The maximum Gasteiger partial charge on any atom is 0.338 e. The number of esters is 1. The van der Waals surface area contributed by atoms with Crippen molar-refractivity contribution in [3.8, 4) is 0 Å². The van der Waals surface area contributed by atoms with E-state index in [9.17, 15) is 4.79 Å². The second-order valence-electron chi connectivity index (χ2n) is 6.01. The van der Waals surface area contributed by atoms with Crippen molar-refractivity contribution in [2.24, 2.45) is 5.92 Å². The number of methoxy groups -OCH3 is 1. The van der Waals surface area contributed by atoms with Gasteiger partial charge in [-0.25, -0.2) is 4.79 Å². The molecule has 0 radical (unpaired) electrons. The minimum Gasteiger partial charge on any atom is -0.465 e. The summed E-state index contributed by atoms with van der Waals surface area (Å²) in [4.78, 5) is 14.3. The highest BCUT2D eigenvalue weighted by Gasteiger charge is 2.18. The highest BCUT2D eigenvalue weighted by atomic mass is 16.5. The fourth-order valence-corrected chi connectivity index (χ4v) is 3.29. The van der Waals surface area contributed by atoms with E-state index in [-0.39, 0.29) is 5.97 Å². The minimum absolute atomic E-state index is 0.232. The highest BCUT2D eigenvalue weighted by molar-refractivity contribution is 5.90. The minimum atomic E-state index is -0.232. The monoisotopic (exact) mass is 289 g/mol. The summed E-state index contributed by atoms with van der Waals surface area (Å²) in [6.07, 6.45) is 6.55. The zero-order valence-corrected chi connectivity index (χ0v) is 13.3. The van der Waals surface area contributed by atoms with Crippen molar-refractivity contribution in [1.29, 1.82) is 0 Å². The van der Waals surface area contributed by atoms with E-state index in [1.165, 1.54) is 39.2 Å². The van der Waals surface area contributed by atoms with Crippen molar-refractivity contribution in [3.05, 3.63) is 35.4 Å². The number of hydrogen-bond donors (Lipinski definition) is 0. The van der Waals surface area contributed by atoms with Gasteiger partial charge in [0, 0.05) is 6.54 Å². The Morgan fingerprint density at radius 3 is 2.86 bits per heavy atom. The van der Waals surface area contributed by atoms with Crippen LogP contribution in [0.15, 0.2) is 24.3 Å². The molecule has 3 nitrogen and oxygen atoms in total. The van der Waals surface area contributed by atoms with Crippen LogP contribution in [0.1, 0.15) is 54.9 Å². The highest BCUT2D eigenvalue weighted by Crippen LogP contribution is 2.23. The van der Waals surface area contributed by atoms with Gasteiger partial charge in [0.15, 0.2) is 0 Å². The average molecular weight is 289 g/mol. The van der Waals surface area contributed by atoms with E-state index in [1.807, 2.05) is 24.3 Å². The van der Waals surface area contributed by atoms with Gasteiger partial charge < -0.3 is 4.74 Å². The van der Waals surface area contributed by atoms with Crippen molar-refractivity contribution in [2.75, 3.05) is 20.2 Å². The quantitative estimate of drug-likeness (QED) is 0.771. The number of likely N-dealkylation sites (tertiary alicyclic amines) is 1. The molecule has 1 aliphatic heterocycles. The van der Waals surface area contributed by atoms with Crippen molar-refractivity contribution < 1.29 is 9.53 Å². The molecule has 21 heavy (non-hydrogen) atoms. The molecule has 3 heteroatoms. The fourth-order valence-electron chi connectivity index (χ4n) is 3.29. The van der Waals surface area contributed by atoms with Gasteiger partial charge in [-0.15, -0.1) is 0 Å². The van der Waals surface area contributed by atoms with Gasteiger partial charge in [0.2, 0.25) is 0 Å². The second-order valence-corrected chi connectivity index (χ2v) is 6.01. The van der Waals surface area contributed by atoms with Crippen LogP contribution in [0.25, 0.3) is 0 Å². The summed E-state index contributed by atoms with van der Waals surface area (Å²) >= 11 is 0. The van der Waals surface area contributed by atoms with Gasteiger partial charge in [0.05, 0.1) is 12.7 Å². The Bertz CT molecular complexity index is 458. The van der Waals surface area contributed by atoms with Gasteiger partial charge in [-0.3, -0.25) is 4.90 Å². The number of carbonyl (C=O) groups is 1. The van der Waals surface area contributed by atoms with Gasteiger partial charge >= 0.3 is 5.97 Å². The summed E-state index contributed by atoms with van der Waals surface area (Å²) in [7, 11) is 1.44. The molecule has 0 N–H and O–H groups in total. The largest absolute Gasteiger partial charge is 0.465 e. The molecule has 1 fully saturated rings. The smallest absolute Gasteiger partial charge is 0.338 e. The lowest BCUT2D eigenvalue weighted by atomic mass is 9.96. The summed E-state index contributed by atoms with van der Waals surface area (Å²) in [6, 6.07) is 7.80. The third-order valence-corrected chi connectivity index (χ3v) is 4.45. The number of rotatable bonds is 5. The molecule has 0 spiro atoms. The van der Waals surface area contributed by atoms with E-state index < -0.39 is 0 Å². The summed E-state index contributed by atoms with van der Waals surface area (Å²) in [5, 5.41) is 0. The molecule has 1 aliphatic rings. The summed E-state index contributed by atoms with van der Waals surface area (Å²) in [5.41, 5.74) is 1.78. The van der Waals surface area contributed by atoms with Crippen LogP contribution in [0.3, 0.4) is 0 Å². The van der Waals surface area contributed by atoms with E-state index in [0.29, 0.717) is 5.56 Å². The van der Waals surface area contributed by atoms with Crippen LogP contribution in [-0.2, 0) is 11.3 Å².